The van der Waals surface area contributed by atoms with Crippen molar-refractivity contribution in [2.75, 3.05) is 39.4 Å². The second kappa shape index (κ2) is 15.6. The molecule has 0 aliphatic heterocycles. The molecule has 29 heavy (non-hydrogen) atoms. The molecule has 0 aromatic heterocycles. The first-order chi connectivity index (χ1) is 13.9. The first kappa shape index (κ1) is 29.8. The molecule has 0 aliphatic rings. The third-order valence-corrected chi connectivity index (χ3v) is 24.9. The molecule has 176 valence electrons. The molecule has 0 amide bonds. The van der Waals surface area contributed by atoms with E-state index in [2.05, 4.69) is 57.5 Å². The number of nitrogens with zero attached hydrogens (tertiary/aromatic N) is 1. The van der Waals surface area contributed by atoms with E-state index in [1.54, 1.807) is 21.3 Å². The van der Waals surface area contributed by atoms with E-state index in [0.717, 1.165) is 12.5 Å². The Kier molecular flexibility index (Phi) is 16.1. The van der Waals surface area contributed by atoms with E-state index in [4.69, 9.17) is 13.3 Å². The normalized spacial score (nSPS) is 13.4. The Balaban J connectivity index is 4.81. The van der Waals surface area contributed by atoms with Gasteiger partial charge in [0.25, 0.3) is 0 Å². The Morgan fingerprint density at radius 2 is 1.00 bits per heavy atom. The zero-order chi connectivity index (χ0) is 22.4. The first-order valence-corrected chi connectivity index (χ1v) is 20.1. The van der Waals surface area contributed by atoms with Gasteiger partial charge in [-0.3, -0.25) is 0 Å². The number of thioether (sulfide) groups is 1. The summed E-state index contributed by atoms with van der Waals surface area (Å²) in [6.07, 6.45) is 2.43. The lowest BCUT2D eigenvalue weighted by atomic mass is 10.5. The summed E-state index contributed by atoms with van der Waals surface area (Å²) in [5.74, 6) is 2.43. The van der Waals surface area contributed by atoms with Crippen LogP contribution in [-0.4, -0.2) is 68.9 Å². The standard InChI is InChI=1S/C21H51NO3SSi3/c1-10-27(11-2,12-3)22(28(13-4,14-5)15-6)18-16-19-26-20-17-21-29(23-7,24-8)25-9/h10-21H2,1-9H3. The molecule has 4 nitrogen and oxygen atoms in total. The lowest BCUT2D eigenvalue weighted by Crippen LogP contribution is -2.66. The fourth-order valence-electron chi connectivity index (χ4n) is 5.00. The van der Waals surface area contributed by atoms with E-state index in [1.807, 2.05) is 0 Å². The van der Waals surface area contributed by atoms with Gasteiger partial charge >= 0.3 is 8.80 Å². The van der Waals surface area contributed by atoms with Crippen LogP contribution in [-0.2, 0) is 13.3 Å². The number of hydrogen-bond acceptors (Lipinski definition) is 5. The summed E-state index contributed by atoms with van der Waals surface area (Å²) in [4.78, 5) is 0. The predicted molar refractivity (Wildman–Crippen MR) is 139 cm³/mol. The van der Waals surface area contributed by atoms with E-state index < -0.39 is 25.3 Å². The zero-order valence-corrected chi connectivity index (χ0v) is 24.9. The van der Waals surface area contributed by atoms with Crippen molar-refractivity contribution in [3.05, 3.63) is 0 Å². The molecule has 0 atom stereocenters. The number of hydrogen-bond donors (Lipinski definition) is 0. The summed E-state index contributed by atoms with van der Waals surface area (Å²) < 4.78 is 19.8. The maximum Gasteiger partial charge on any atom is 0.500 e. The fraction of sp³-hybridized carbons (Fsp3) is 1.00. The van der Waals surface area contributed by atoms with E-state index in [1.165, 1.54) is 60.7 Å². The molecule has 0 unspecified atom stereocenters. The van der Waals surface area contributed by atoms with Crippen molar-refractivity contribution >= 4 is 37.0 Å². The Morgan fingerprint density at radius 1 is 0.621 bits per heavy atom. The van der Waals surface area contributed by atoms with Crippen molar-refractivity contribution in [1.29, 1.82) is 0 Å². The van der Waals surface area contributed by atoms with Crippen LogP contribution in [0.5, 0.6) is 0 Å². The van der Waals surface area contributed by atoms with Crippen LogP contribution >= 0.6 is 11.8 Å². The average Bonchev–Trinajstić information content (AvgIpc) is 2.78. The predicted octanol–water partition coefficient (Wildman–Crippen LogP) is 6.69. The van der Waals surface area contributed by atoms with Crippen molar-refractivity contribution in [3.63, 3.8) is 0 Å². The molecule has 8 heteroatoms. The van der Waals surface area contributed by atoms with Crippen LogP contribution in [0.1, 0.15) is 54.4 Å². The zero-order valence-electron chi connectivity index (χ0n) is 21.1. The molecule has 0 spiro atoms. The van der Waals surface area contributed by atoms with Gasteiger partial charge in [-0.05, 0) is 67.2 Å². The first-order valence-electron chi connectivity index (χ1n) is 11.9. The van der Waals surface area contributed by atoms with Crippen molar-refractivity contribution in [1.82, 2.24) is 4.23 Å². The summed E-state index contributed by atoms with van der Waals surface area (Å²) in [5, 5.41) is 0. The third kappa shape index (κ3) is 8.04. The van der Waals surface area contributed by atoms with Gasteiger partial charge in [-0.1, -0.05) is 41.5 Å². The van der Waals surface area contributed by atoms with Gasteiger partial charge in [0.05, 0.1) is 0 Å². The summed E-state index contributed by atoms with van der Waals surface area (Å²) in [7, 11) is 0.0875. The van der Waals surface area contributed by atoms with Crippen LogP contribution < -0.4 is 0 Å². The Morgan fingerprint density at radius 3 is 1.34 bits per heavy atom. The largest absolute Gasteiger partial charge is 0.500 e. The summed E-state index contributed by atoms with van der Waals surface area (Å²) >= 11 is 2.09. The Labute approximate surface area is 190 Å². The van der Waals surface area contributed by atoms with Crippen LogP contribution in [0.3, 0.4) is 0 Å². The molecule has 0 aliphatic carbocycles. The highest BCUT2D eigenvalue weighted by molar-refractivity contribution is 7.99. The molecule has 0 aromatic rings. The van der Waals surface area contributed by atoms with E-state index >= 15 is 0 Å². The van der Waals surface area contributed by atoms with Crippen molar-refractivity contribution in [2.45, 2.75) is 96.7 Å². The maximum absolute atomic E-state index is 5.53. The second-order valence-electron chi connectivity index (χ2n) is 8.09. The van der Waals surface area contributed by atoms with Gasteiger partial charge in [0.1, 0.15) is 16.5 Å². The van der Waals surface area contributed by atoms with E-state index in [-0.39, 0.29) is 0 Å². The molecule has 0 heterocycles. The minimum atomic E-state index is -2.39. The lowest BCUT2D eigenvalue weighted by molar-refractivity contribution is 0.123. The highest BCUT2D eigenvalue weighted by atomic mass is 32.2. The van der Waals surface area contributed by atoms with E-state index in [0.29, 0.717) is 0 Å². The van der Waals surface area contributed by atoms with Gasteiger partial charge in [-0.2, -0.15) is 11.8 Å². The topological polar surface area (TPSA) is 30.9 Å². The Bertz CT molecular complexity index is 362. The highest BCUT2D eigenvalue weighted by Gasteiger charge is 2.45. The molecule has 0 rings (SSSR count). The summed E-state index contributed by atoms with van der Waals surface area (Å²) in [6, 6.07) is 9.41. The van der Waals surface area contributed by atoms with E-state index in [9.17, 15) is 0 Å². The molecule has 0 fully saturated rings. The van der Waals surface area contributed by atoms with Gasteiger partial charge in [-0.15, -0.1) is 0 Å². The smallest absolute Gasteiger partial charge is 0.377 e. The Hall–Kier alpha value is 0.841. The molecular weight excluding hydrogens is 431 g/mol. The minimum absolute atomic E-state index is 0.907. The third-order valence-electron chi connectivity index (χ3n) is 7.47. The van der Waals surface area contributed by atoms with Crippen LogP contribution in [0.4, 0.5) is 0 Å². The molecule has 0 saturated carbocycles. The molecule has 0 aromatic carbocycles. The van der Waals surface area contributed by atoms with Gasteiger partial charge in [0, 0.05) is 27.4 Å². The summed E-state index contributed by atoms with van der Waals surface area (Å²) in [6.45, 7) is 16.2. The second-order valence-corrected chi connectivity index (χ2v) is 23.1. The SMILES string of the molecule is CC[Si](CC)(CC)N(CCCSCCC[Si](OC)(OC)OC)[Si](CC)(CC)CC. The van der Waals surface area contributed by atoms with Gasteiger partial charge in [-0.25, -0.2) is 0 Å². The van der Waals surface area contributed by atoms with Crippen LogP contribution in [0.2, 0.25) is 42.3 Å². The molecule has 0 bridgehead atoms. The average molecular weight is 482 g/mol. The van der Waals surface area contributed by atoms with Crippen LogP contribution in [0.15, 0.2) is 0 Å². The summed E-state index contributed by atoms with van der Waals surface area (Å²) in [5.41, 5.74) is 0. The van der Waals surface area contributed by atoms with Crippen molar-refractivity contribution in [3.8, 4) is 0 Å². The monoisotopic (exact) mass is 481 g/mol. The van der Waals surface area contributed by atoms with Gasteiger partial charge in [0.15, 0.2) is 0 Å². The minimum Gasteiger partial charge on any atom is -0.377 e. The molecule has 0 N–H and O–H groups in total. The lowest BCUT2D eigenvalue weighted by Gasteiger charge is -2.52. The number of rotatable bonds is 19. The quantitative estimate of drug-likeness (QED) is 0.151. The highest BCUT2D eigenvalue weighted by Crippen LogP contribution is 2.36. The maximum atomic E-state index is 5.53. The van der Waals surface area contributed by atoms with Crippen molar-refractivity contribution in [2.24, 2.45) is 0 Å². The molecular formula is C21H51NO3SSi3. The fourth-order valence-corrected chi connectivity index (χ4v) is 21.3. The van der Waals surface area contributed by atoms with Gasteiger partial charge in [0.2, 0.25) is 0 Å². The van der Waals surface area contributed by atoms with Crippen LogP contribution in [0.25, 0.3) is 0 Å². The van der Waals surface area contributed by atoms with Gasteiger partial charge < -0.3 is 17.5 Å². The molecule has 0 saturated heterocycles. The van der Waals surface area contributed by atoms with Crippen molar-refractivity contribution < 1.29 is 13.3 Å². The van der Waals surface area contributed by atoms with Crippen LogP contribution in [0, 0.1) is 0 Å². The molecule has 0 radical (unpaired) electrons.